The molecule has 0 heterocycles. The third-order valence-corrected chi connectivity index (χ3v) is 4.92. The molecule has 0 aromatic rings. The number of carbonyl (C=O) groups is 6. The summed E-state index contributed by atoms with van der Waals surface area (Å²) in [6.45, 7) is 4.53. The molecule has 0 saturated carbocycles. The van der Waals surface area contributed by atoms with Crippen LogP contribution in [-0.2, 0) is 28.8 Å². The highest BCUT2D eigenvalue weighted by atomic mass is 16.4. The van der Waals surface area contributed by atoms with Crippen LogP contribution in [0.25, 0.3) is 0 Å². The predicted molar refractivity (Wildman–Crippen MR) is 113 cm³/mol. The Kier molecular flexibility index (Phi) is 12.6. The number of carboxylic acids is 2. The summed E-state index contributed by atoms with van der Waals surface area (Å²) in [5, 5.41) is 34.4. The molecule has 0 rings (SSSR count). The van der Waals surface area contributed by atoms with Crippen molar-refractivity contribution in [2.75, 3.05) is 0 Å². The highest BCUT2D eigenvalue weighted by molar-refractivity contribution is 5.96. The zero-order valence-corrected chi connectivity index (χ0v) is 18.7. The van der Waals surface area contributed by atoms with Crippen molar-refractivity contribution in [1.29, 1.82) is 0 Å². The second-order valence-electron chi connectivity index (χ2n) is 7.70. The van der Waals surface area contributed by atoms with E-state index in [4.69, 9.17) is 16.6 Å². The quantitative estimate of drug-likeness (QED) is 0.119. The molecule has 0 fully saturated rings. The molecule has 33 heavy (non-hydrogen) atoms. The standard InChI is InChI=1S/C19H33N5O9/c1-4-8(2)15(19(32)33)24-16(29)10(5-6-12(20)26)22-17(30)11(7-13(27)28)23-18(31)14(21)9(3)25/h8-11,14-15,25H,4-7,21H2,1-3H3,(H2,20,26)(H,22,30)(H,23,31)(H,24,29)(H,27,28)(H,32,33). The van der Waals surface area contributed by atoms with Crippen LogP contribution in [-0.4, -0.2) is 81.2 Å². The minimum absolute atomic E-state index is 0.305. The van der Waals surface area contributed by atoms with E-state index in [0.29, 0.717) is 6.42 Å². The fraction of sp³-hybridized carbons (Fsp3) is 0.684. The van der Waals surface area contributed by atoms with Crippen LogP contribution in [0, 0.1) is 5.92 Å². The molecule has 4 amide bonds. The summed E-state index contributed by atoms with van der Waals surface area (Å²) in [6.07, 6.45) is -2.39. The number of amides is 4. The molecule has 10 N–H and O–H groups in total. The Bertz CT molecular complexity index is 743. The molecule has 0 aromatic carbocycles. The molecule has 0 aliphatic carbocycles. The summed E-state index contributed by atoms with van der Waals surface area (Å²) in [4.78, 5) is 71.2. The molecule has 0 bridgehead atoms. The smallest absolute Gasteiger partial charge is 0.326 e. The summed E-state index contributed by atoms with van der Waals surface area (Å²) >= 11 is 0. The van der Waals surface area contributed by atoms with Gasteiger partial charge in [-0.15, -0.1) is 0 Å². The van der Waals surface area contributed by atoms with E-state index in [9.17, 15) is 39.0 Å². The number of rotatable bonds is 15. The Balaban J connectivity index is 5.66. The molecule has 188 valence electrons. The number of nitrogens with two attached hydrogens (primary N) is 2. The SMILES string of the molecule is CCC(C)C(NC(=O)C(CCC(N)=O)NC(=O)C(CC(=O)O)NC(=O)C(N)C(C)O)C(=O)O. The number of aliphatic hydroxyl groups is 1. The first-order valence-corrected chi connectivity index (χ1v) is 10.3. The van der Waals surface area contributed by atoms with Crippen LogP contribution in [0.4, 0.5) is 0 Å². The van der Waals surface area contributed by atoms with Gasteiger partial charge in [-0.2, -0.15) is 0 Å². The summed E-state index contributed by atoms with van der Waals surface area (Å²) in [5.41, 5.74) is 10.6. The van der Waals surface area contributed by atoms with E-state index in [1.807, 2.05) is 0 Å². The van der Waals surface area contributed by atoms with E-state index in [0.717, 1.165) is 0 Å². The number of carbonyl (C=O) groups excluding carboxylic acids is 4. The Hall–Kier alpha value is -3.26. The minimum atomic E-state index is -1.67. The third-order valence-electron chi connectivity index (χ3n) is 4.92. The summed E-state index contributed by atoms with van der Waals surface area (Å²) < 4.78 is 0. The van der Waals surface area contributed by atoms with Crippen molar-refractivity contribution in [1.82, 2.24) is 16.0 Å². The number of carboxylic acid groups (broad SMARTS) is 2. The molecule has 0 saturated heterocycles. The van der Waals surface area contributed by atoms with Gasteiger partial charge in [0.25, 0.3) is 0 Å². The number of hydrogen-bond acceptors (Lipinski definition) is 8. The van der Waals surface area contributed by atoms with Crippen molar-refractivity contribution in [3.8, 4) is 0 Å². The molecule has 0 aliphatic heterocycles. The van der Waals surface area contributed by atoms with Gasteiger partial charge in [0, 0.05) is 6.42 Å². The first-order valence-electron chi connectivity index (χ1n) is 10.3. The normalized spacial score (nSPS) is 16.3. The second-order valence-corrected chi connectivity index (χ2v) is 7.70. The van der Waals surface area contributed by atoms with E-state index in [2.05, 4.69) is 16.0 Å². The van der Waals surface area contributed by atoms with E-state index in [1.165, 1.54) is 6.92 Å². The average Bonchev–Trinajstić information content (AvgIpc) is 2.71. The largest absolute Gasteiger partial charge is 0.481 e. The van der Waals surface area contributed by atoms with E-state index >= 15 is 0 Å². The fourth-order valence-corrected chi connectivity index (χ4v) is 2.64. The number of primary amides is 1. The first kappa shape index (κ1) is 29.7. The van der Waals surface area contributed by atoms with Gasteiger partial charge in [-0.25, -0.2) is 4.79 Å². The second kappa shape index (κ2) is 14.0. The lowest BCUT2D eigenvalue weighted by molar-refractivity contribution is -0.144. The molecular weight excluding hydrogens is 442 g/mol. The molecule has 6 unspecified atom stereocenters. The Morgan fingerprint density at radius 3 is 1.82 bits per heavy atom. The van der Waals surface area contributed by atoms with Gasteiger partial charge in [0.1, 0.15) is 24.2 Å². The van der Waals surface area contributed by atoms with E-state index < -0.39 is 78.2 Å². The predicted octanol–water partition coefficient (Wildman–Crippen LogP) is -2.98. The molecule has 0 aliphatic rings. The zero-order valence-electron chi connectivity index (χ0n) is 18.7. The van der Waals surface area contributed by atoms with Crippen LogP contribution >= 0.6 is 0 Å². The lowest BCUT2D eigenvalue weighted by Gasteiger charge is -2.26. The number of aliphatic carboxylic acids is 2. The van der Waals surface area contributed by atoms with Gasteiger partial charge in [-0.05, 0) is 19.3 Å². The maximum absolute atomic E-state index is 12.7. The molecule has 14 nitrogen and oxygen atoms in total. The number of nitrogens with one attached hydrogen (secondary N) is 3. The first-order chi connectivity index (χ1) is 15.2. The molecule has 0 spiro atoms. The van der Waals surface area contributed by atoms with E-state index in [1.54, 1.807) is 13.8 Å². The van der Waals surface area contributed by atoms with Crippen molar-refractivity contribution in [3.63, 3.8) is 0 Å². The van der Waals surface area contributed by atoms with Crippen molar-refractivity contribution in [3.05, 3.63) is 0 Å². The topological polar surface area (TPSA) is 251 Å². The maximum Gasteiger partial charge on any atom is 0.326 e. The Morgan fingerprint density at radius 1 is 0.879 bits per heavy atom. The molecule has 0 aromatic heterocycles. The molecule has 0 radical (unpaired) electrons. The zero-order chi connectivity index (χ0) is 25.9. The number of hydrogen-bond donors (Lipinski definition) is 8. The molecule has 14 heteroatoms. The minimum Gasteiger partial charge on any atom is -0.481 e. The Morgan fingerprint density at radius 2 is 1.39 bits per heavy atom. The van der Waals surface area contributed by atoms with Crippen molar-refractivity contribution >= 4 is 35.6 Å². The van der Waals surface area contributed by atoms with Crippen LogP contribution < -0.4 is 27.4 Å². The van der Waals surface area contributed by atoms with Crippen LogP contribution in [0.1, 0.15) is 46.5 Å². The van der Waals surface area contributed by atoms with Gasteiger partial charge in [0.15, 0.2) is 0 Å². The van der Waals surface area contributed by atoms with E-state index in [-0.39, 0.29) is 12.8 Å². The van der Waals surface area contributed by atoms with Crippen molar-refractivity contribution < 1.29 is 44.1 Å². The Labute approximate surface area is 190 Å². The van der Waals surface area contributed by atoms with Crippen molar-refractivity contribution in [2.45, 2.75) is 76.7 Å². The molecular formula is C19H33N5O9. The van der Waals surface area contributed by atoms with Gasteiger partial charge in [0.05, 0.1) is 12.5 Å². The highest BCUT2D eigenvalue weighted by Gasteiger charge is 2.33. The van der Waals surface area contributed by atoms with Gasteiger partial charge in [0.2, 0.25) is 23.6 Å². The van der Waals surface area contributed by atoms with Gasteiger partial charge in [-0.1, -0.05) is 20.3 Å². The summed E-state index contributed by atoms with van der Waals surface area (Å²) in [7, 11) is 0. The van der Waals surface area contributed by atoms with Gasteiger partial charge >= 0.3 is 11.9 Å². The number of aliphatic hydroxyl groups excluding tert-OH is 1. The maximum atomic E-state index is 12.7. The third kappa shape index (κ3) is 10.7. The summed E-state index contributed by atoms with van der Waals surface area (Å²) in [6, 6.07) is -5.85. The fourth-order valence-electron chi connectivity index (χ4n) is 2.64. The lowest BCUT2D eigenvalue weighted by atomic mass is 9.98. The molecule has 6 atom stereocenters. The monoisotopic (exact) mass is 475 g/mol. The highest BCUT2D eigenvalue weighted by Crippen LogP contribution is 2.09. The van der Waals surface area contributed by atoms with Crippen LogP contribution in [0.3, 0.4) is 0 Å². The van der Waals surface area contributed by atoms with Gasteiger partial charge < -0.3 is 42.7 Å². The van der Waals surface area contributed by atoms with Crippen LogP contribution in [0.2, 0.25) is 0 Å². The lowest BCUT2D eigenvalue weighted by Crippen LogP contribution is -2.59. The van der Waals surface area contributed by atoms with Gasteiger partial charge in [-0.3, -0.25) is 24.0 Å². The average molecular weight is 475 g/mol. The van der Waals surface area contributed by atoms with Crippen LogP contribution in [0.5, 0.6) is 0 Å². The van der Waals surface area contributed by atoms with Crippen LogP contribution in [0.15, 0.2) is 0 Å². The summed E-state index contributed by atoms with van der Waals surface area (Å²) in [5.74, 6) is -7.05. The van der Waals surface area contributed by atoms with Crippen molar-refractivity contribution in [2.24, 2.45) is 17.4 Å².